The van der Waals surface area contributed by atoms with Crippen LogP contribution in [0.2, 0.25) is 0 Å². The van der Waals surface area contributed by atoms with Crippen molar-refractivity contribution in [1.29, 1.82) is 0 Å². The highest BCUT2D eigenvalue weighted by atomic mass is 79.9. The maximum Gasteiger partial charge on any atom is 0.308 e. The number of benzene rings is 2. The van der Waals surface area contributed by atoms with Crippen LogP contribution in [0.1, 0.15) is 12.5 Å². The van der Waals surface area contributed by atoms with E-state index >= 15 is 0 Å². The lowest BCUT2D eigenvalue weighted by Gasteiger charge is -2.29. The number of esters is 1. The summed E-state index contributed by atoms with van der Waals surface area (Å²) in [5.74, 6) is 1.26. The third-order valence-corrected chi connectivity index (χ3v) is 6.80. The highest BCUT2D eigenvalue weighted by Crippen LogP contribution is 2.61. The summed E-state index contributed by atoms with van der Waals surface area (Å²) in [6.07, 6.45) is 2.22. The van der Waals surface area contributed by atoms with E-state index < -0.39 is 8.46 Å². The van der Waals surface area contributed by atoms with Crippen molar-refractivity contribution in [2.45, 2.75) is 17.6 Å². The van der Waals surface area contributed by atoms with Crippen LogP contribution >= 0.6 is 23.3 Å². The van der Waals surface area contributed by atoms with Gasteiger partial charge in [0.05, 0.1) is 0 Å². The Morgan fingerprint density at radius 2 is 1.70 bits per heavy atom. The molecule has 0 fully saturated rings. The zero-order valence-corrected chi connectivity index (χ0v) is 13.9. The van der Waals surface area contributed by atoms with Crippen LogP contribution in [0.25, 0.3) is 0 Å². The second-order valence-electron chi connectivity index (χ2n) is 4.67. The molecule has 0 aliphatic heterocycles. The van der Waals surface area contributed by atoms with E-state index in [0.717, 1.165) is 5.75 Å². The quantitative estimate of drug-likeness (QED) is 0.576. The fourth-order valence-electron chi connectivity index (χ4n) is 1.93. The van der Waals surface area contributed by atoms with Crippen molar-refractivity contribution in [1.82, 2.24) is 0 Å². The maximum absolute atomic E-state index is 10.9. The molecule has 0 aliphatic carbocycles. The molecule has 0 amide bonds. The molecule has 0 bridgehead atoms. The van der Waals surface area contributed by atoms with Crippen molar-refractivity contribution in [3.63, 3.8) is 0 Å². The Kier molecular flexibility index (Phi) is 4.89. The number of halogens is 1. The Morgan fingerprint density at radius 1 is 1.10 bits per heavy atom. The first kappa shape index (κ1) is 15.1. The van der Waals surface area contributed by atoms with Crippen LogP contribution in [0, 0.1) is 0 Å². The minimum atomic E-state index is -1.09. The molecule has 0 heterocycles. The van der Waals surface area contributed by atoms with Gasteiger partial charge in [-0.1, -0.05) is 30.3 Å². The van der Waals surface area contributed by atoms with Gasteiger partial charge in [0.1, 0.15) is 5.75 Å². The molecule has 2 nitrogen and oxygen atoms in total. The van der Waals surface area contributed by atoms with Gasteiger partial charge in [0, 0.05) is 12.7 Å². The van der Waals surface area contributed by atoms with Crippen molar-refractivity contribution >= 4 is 29.2 Å². The van der Waals surface area contributed by atoms with E-state index in [4.69, 9.17) is 4.74 Å². The predicted molar refractivity (Wildman–Crippen MR) is 88.6 cm³/mol. The summed E-state index contributed by atoms with van der Waals surface area (Å²) in [4.78, 5) is 12.1. The lowest BCUT2D eigenvalue weighted by atomic mass is 10.2. The normalized spacial score (nSPS) is 15.2. The van der Waals surface area contributed by atoms with Gasteiger partial charge in [-0.3, -0.25) is 4.79 Å². The number of hydrogen-bond donors (Lipinski definition) is 0. The molecule has 1 unspecified atom stereocenters. The Hall–Kier alpha value is -1.26. The van der Waals surface area contributed by atoms with Gasteiger partial charge in [0.25, 0.3) is 0 Å². The van der Waals surface area contributed by atoms with Crippen LogP contribution < -0.4 is 4.74 Å². The van der Waals surface area contributed by atoms with Gasteiger partial charge in [-0.05, 0) is 55.8 Å². The smallest absolute Gasteiger partial charge is 0.308 e. The molecule has 1 atom stereocenters. The first-order chi connectivity index (χ1) is 9.47. The summed E-state index contributed by atoms with van der Waals surface area (Å²) in [6, 6.07) is 18.1. The highest BCUT2D eigenvalue weighted by Gasteiger charge is 2.17. The molecule has 2 aromatic rings. The van der Waals surface area contributed by atoms with E-state index in [-0.39, 0.29) is 5.97 Å². The average molecular weight is 353 g/mol. The zero-order valence-electron chi connectivity index (χ0n) is 11.5. The molecule has 0 saturated heterocycles. The zero-order chi connectivity index (χ0) is 14.6. The summed E-state index contributed by atoms with van der Waals surface area (Å²) < 4.78 is 5.06. The fraction of sp³-hybridized carbons (Fsp3) is 0.188. The van der Waals surface area contributed by atoms with Gasteiger partial charge >= 0.3 is 5.97 Å². The minimum Gasteiger partial charge on any atom is -0.427 e. The number of carbonyl (C=O) groups is 1. The lowest BCUT2D eigenvalue weighted by Crippen LogP contribution is -2.01. The van der Waals surface area contributed by atoms with E-state index in [9.17, 15) is 4.79 Å². The number of carbonyl (C=O) groups excluding carboxylic acids is 1. The van der Waals surface area contributed by atoms with E-state index in [1.165, 1.54) is 17.4 Å². The van der Waals surface area contributed by atoms with Crippen LogP contribution in [0.15, 0.2) is 59.5 Å². The van der Waals surface area contributed by atoms with Gasteiger partial charge in [0.2, 0.25) is 0 Å². The molecular weight excluding hydrogens is 336 g/mol. The third kappa shape index (κ3) is 4.12. The van der Waals surface area contributed by atoms with E-state index in [1.807, 2.05) is 30.3 Å². The minimum absolute atomic E-state index is 0.295. The van der Waals surface area contributed by atoms with E-state index in [2.05, 4.69) is 45.3 Å². The molecule has 0 aromatic heterocycles. The molecule has 106 valence electrons. The topological polar surface area (TPSA) is 26.3 Å². The van der Waals surface area contributed by atoms with Crippen molar-refractivity contribution in [2.24, 2.45) is 0 Å². The van der Waals surface area contributed by atoms with Crippen LogP contribution in [-0.2, 0) is 10.5 Å². The first-order valence-electron chi connectivity index (χ1n) is 6.25. The Labute approximate surface area is 128 Å². The van der Waals surface area contributed by atoms with Gasteiger partial charge in [-0.15, -0.1) is 0 Å². The first-order valence-corrected chi connectivity index (χ1v) is 10.3. The average Bonchev–Trinajstić information content (AvgIpc) is 2.39. The summed E-state index contributed by atoms with van der Waals surface area (Å²) in [7, 11) is -1.09. The monoisotopic (exact) mass is 352 g/mol. The van der Waals surface area contributed by atoms with E-state index in [1.54, 1.807) is 0 Å². The second kappa shape index (κ2) is 6.46. The third-order valence-electron chi connectivity index (χ3n) is 2.86. The van der Waals surface area contributed by atoms with Gasteiger partial charge in [0.15, 0.2) is 0 Å². The van der Waals surface area contributed by atoms with Crippen LogP contribution in [0.5, 0.6) is 5.75 Å². The molecule has 0 spiro atoms. The fourth-order valence-corrected chi connectivity index (χ4v) is 5.06. The van der Waals surface area contributed by atoms with Crippen molar-refractivity contribution < 1.29 is 9.53 Å². The molecule has 4 heteroatoms. The second-order valence-corrected chi connectivity index (χ2v) is 11.7. The van der Waals surface area contributed by atoms with Crippen molar-refractivity contribution in [3.05, 3.63) is 60.2 Å². The molecular formula is C16H17BrO2S. The Balaban J connectivity index is 2.15. The highest BCUT2D eigenvalue weighted by molar-refractivity contribution is 9.58. The number of ether oxygens (including phenoxy) is 1. The Morgan fingerprint density at radius 3 is 2.25 bits per heavy atom. The van der Waals surface area contributed by atoms with E-state index in [0.29, 0.717) is 5.75 Å². The molecule has 2 rings (SSSR count). The van der Waals surface area contributed by atoms with Gasteiger partial charge in [-0.2, -0.15) is 8.46 Å². The van der Waals surface area contributed by atoms with Crippen molar-refractivity contribution in [3.8, 4) is 5.75 Å². The summed E-state index contributed by atoms with van der Waals surface area (Å²) in [6.45, 7) is 1.41. The number of rotatable bonds is 4. The van der Waals surface area contributed by atoms with Crippen LogP contribution in [0.4, 0.5) is 0 Å². The maximum atomic E-state index is 10.9. The molecule has 0 radical (unpaired) electrons. The summed E-state index contributed by atoms with van der Waals surface area (Å²) in [5, 5.41) is 0. The number of hydrogen-bond acceptors (Lipinski definition) is 2. The lowest BCUT2D eigenvalue weighted by molar-refractivity contribution is -0.131. The molecule has 2 aromatic carbocycles. The Bertz CT molecular complexity index is 579. The van der Waals surface area contributed by atoms with Gasteiger partial charge < -0.3 is 4.74 Å². The summed E-state index contributed by atoms with van der Waals surface area (Å²) in [5.41, 5.74) is 1.31. The summed E-state index contributed by atoms with van der Waals surface area (Å²) >= 11 is 3.88. The SMILES string of the molecule is CC(=O)Oc1ccc(S(C)(Br)Cc2ccccc2)cc1. The molecule has 0 aliphatic rings. The molecule has 0 N–H and O–H groups in total. The molecule has 0 saturated carbocycles. The largest absolute Gasteiger partial charge is 0.427 e. The van der Waals surface area contributed by atoms with Gasteiger partial charge in [-0.25, -0.2) is 0 Å². The standard InChI is InChI=1S/C16H17BrO2S/c1-13(18)19-15-8-10-16(11-9-15)20(2,17)12-14-6-4-3-5-7-14/h3-11H,12H2,1-2H3. The molecule has 20 heavy (non-hydrogen) atoms. The van der Waals surface area contributed by atoms with Crippen LogP contribution in [-0.4, -0.2) is 12.2 Å². The van der Waals surface area contributed by atoms with Crippen LogP contribution in [0.3, 0.4) is 0 Å². The predicted octanol–water partition coefficient (Wildman–Crippen LogP) is 4.92. The van der Waals surface area contributed by atoms with Crippen molar-refractivity contribution in [2.75, 3.05) is 6.26 Å².